The van der Waals surface area contributed by atoms with Gasteiger partial charge in [0, 0.05) is 0 Å². The molecule has 3 atom stereocenters. The van der Waals surface area contributed by atoms with Crippen LogP contribution in [0.3, 0.4) is 0 Å². The Bertz CT molecular complexity index is 303. The van der Waals surface area contributed by atoms with Crippen molar-refractivity contribution in [2.75, 3.05) is 0 Å². The zero-order chi connectivity index (χ0) is 15.6. The van der Waals surface area contributed by atoms with Crippen LogP contribution in [-0.2, 0) is 4.74 Å². The maximum atomic E-state index is 10.0. The van der Waals surface area contributed by atoms with E-state index in [9.17, 15) is 5.11 Å². The lowest BCUT2D eigenvalue weighted by molar-refractivity contribution is -0.265. The molecule has 1 N–H and O–H groups in total. The van der Waals surface area contributed by atoms with Crippen LogP contribution in [0, 0.1) is 17.3 Å². The maximum absolute atomic E-state index is 10.0. The van der Waals surface area contributed by atoms with Crippen molar-refractivity contribution >= 4 is 0 Å². The first-order valence-corrected chi connectivity index (χ1v) is 8.44. The van der Waals surface area contributed by atoms with Gasteiger partial charge >= 0.3 is 0 Å². The van der Waals surface area contributed by atoms with E-state index in [1.54, 1.807) is 13.8 Å². The monoisotopic (exact) mass is 284 g/mol. The van der Waals surface area contributed by atoms with Crippen molar-refractivity contribution in [1.29, 1.82) is 0 Å². The van der Waals surface area contributed by atoms with Gasteiger partial charge in [-0.3, -0.25) is 0 Å². The highest BCUT2D eigenvalue weighted by atomic mass is 16.6. The van der Waals surface area contributed by atoms with E-state index in [4.69, 9.17) is 4.74 Å². The van der Waals surface area contributed by atoms with Crippen LogP contribution in [0.15, 0.2) is 0 Å². The average Bonchev–Trinajstić information content (AvgIpc) is 2.46. The van der Waals surface area contributed by atoms with E-state index in [1.165, 1.54) is 32.1 Å². The SMILES string of the molecule is CCC[C@H](C)CC[C@@H]1CC[C@](C)(OC(C)(C)O)C1(C)C. The van der Waals surface area contributed by atoms with Crippen LogP contribution in [-0.4, -0.2) is 16.5 Å². The van der Waals surface area contributed by atoms with E-state index in [2.05, 4.69) is 34.6 Å². The predicted octanol–water partition coefficient (Wildman–Crippen LogP) is 5.14. The van der Waals surface area contributed by atoms with Gasteiger partial charge in [0.05, 0.1) is 5.60 Å². The lowest BCUT2D eigenvalue weighted by Gasteiger charge is -2.44. The summed E-state index contributed by atoms with van der Waals surface area (Å²) in [4.78, 5) is 0. The maximum Gasteiger partial charge on any atom is 0.160 e. The van der Waals surface area contributed by atoms with Gasteiger partial charge in [0.1, 0.15) is 0 Å². The zero-order valence-electron chi connectivity index (χ0n) is 14.8. The third kappa shape index (κ3) is 4.21. The molecule has 0 aromatic carbocycles. The Kier molecular flexibility index (Phi) is 5.71. The van der Waals surface area contributed by atoms with E-state index in [1.807, 2.05) is 0 Å². The van der Waals surface area contributed by atoms with Crippen molar-refractivity contribution in [3.8, 4) is 0 Å². The van der Waals surface area contributed by atoms with Crippen molar-refractivity contribution in [1.82, 2.24) is 0 Å². The lowest BCUT2D eigenvalue weighted by Crippen LogP contribution is -2.48. The molecule has 0 bridgehead atoms. The minimum Gasteiger partial charge on any atom is -0.366 e. The summed E-state index contributed by atoms with van der Waals surface area (Å²) in [5, 5.41) is 10.0. The van der Waals surface area contributed by atoms with Crippen LogP contribution in [0.4, 0.5) is 0 Å². The Balaban J connectivity index is 2.65. The molecule has 1 aliphatic carbocycles. The van der Waals surface area contributed by atoms with Crippen molar-refractivity contribution in [3.05, 3.63) is 0 Å². The smallest absolute Gasteiger partial charge is 0.160 e. The number of ether oxygens (including phenoxy) is 1. The van der Waals surface area contributed by atoms with Gasteiger partial charge < -0.3 is 9.84 Å². The molecule has 0 aromatic rings. The second-order valence-electron chi connectivity index (χ2n) is 8.21. The number of hydrogen-bond donors (Lipinski definition) is 1. The molecule has 1 rings (SSSR count). The summed E-state index contributed by atoms with van der Waals surface area (Å²) >= 11 is 0. The molecule has 0 aliphatic heterocycles. The Morgan fingerprint density at radius 3 is 2.35 bits per heavy atom. The van der Waals surface area contributed by atoms with Crippen molar-refractivity contribution in [2.24, 2.45) is 17.3 Å². The highest BCUT2D eigenvalue weighted by molar-refractivity contribution is 5.02. The summed E-state index contributed by atoms with van der Waals surface area (Å²) in [5.74, 6) is 0.489. The van der Waals surface area contributed by atoms with Crippen LogP contribution in [0.1, 0.15) is 87.0 Å². The molecule has 0 saturated heterocycles. The molecular formula is C18H36O2. The van der Waals surface area contributed by atoms with Gasteiger partial charge in [0.2, 0.25) is 0 Å². The summed E-state index contributed by atoms with van der Waals surface area (Å²) in [5.41, 5.74) is -0.0944. The molecule has 0 heterocycles. The standard InChI is InChI=1S/C18H36O2/c1-8-9-14(2)10-11-15-12-13-18(7,16(15,3)4)20-17(5,6)19/h14-15,19H,8-13H2,1-7H3/t14-,15+,18-/m0/s1. The molecule has 0 unspecified atom stereocenters. The fourth-order valence-electron chi connectivity index (χ4n) is 3.93. The largest absolute Gasteiger partial charge is 0.366 e. The van der Waals surface area contributed by atoms with Crippen LogP contribution in [0.5, 0.6) is 0 Å². The Hall–Kier alpha value is -0.0800. The average molecular weight is 284 g/mol. The molecule has 2 nitrogen and oxygen atoms in total. The molecule has 0 amide bonds. The van der Waals surface area contributed by atoms with Crippen LogP contribution >= 0.6 is 0 Å². The van der Waals surface area contributed by atoms with E-state index in [0.717, 1.165) is 12.3 Å². The molecule has 2 heteroatoms. The molecule has 0 aromatic heterocycles. The molecule has 20 heavy (non-hydrogen) atoms. The second-order valence-corrected chi connectivity index (χ2v) is 8.21. The lowest BCUT2D eigenvalue weighted by atomic mass is 9.71. The van der Waals surface area contributed by atoms with E-state index >= 15 is 0 Å². The van der Waals surface area contributed by atoms with Gasteiger partial charge in [-0.2, -0.15) is 0 Å². The molecular weight excluding hydrogens is 248 g/mol. The summed E-state index contributed by atoms with van der Waals surface area (Å²) in [6.07, 6.45) is 7.51. The van der Waals surface area contributed by atoms with Gasteiger partial charge in [0.15, 0.2) is 5.79 Å². The highest BCUT2D eigenvalue weighted by Gasteiger charge is 2.53. The summed E-state index contributed by atoms with van der Waals surface area (Å²) in [6.45, 7) is 14.9. The summed E-state index contributed by atoms with van der Waals surface area (Å²) in [7, 11) is 0. The molecule has 1 saturated carbocycles. The van der Waals surface area contributed by atoms with Gasteiger partial charge in [-0.05, 0) is 57.3 Å². The fraction of sp³-hybridized carbons (Fsp3) is 1.00. The summed E-state index contributed by atoms with van der Waals surface area (Å²) in [6, 6.07) is 0. The minimum atomic E-state index is -1.05. The Labute approximate surface area is 126 Å². The van der Waals surface area contributed by atoms with Crippen molar-refractivity contribution in [2.45, 2.75) is 98.4 Å². The first-order valence-electron chi connectivity index (χ1n) is 8.44. The van der Waals surface area contributed by atoms with Gasteiger partial charge in [0.25, 0.3) is 0 Å². The van der Waals surface area contributed by atoms with E-state index < -0.39 is 5.79 Å². The normalized spacial score (nSPS) is 31.5. The van der Waals surface area contributed by atoms with Gasteiger partial charge in [-0.1, -0.05) is 47.0 Å². The fourth-order valence-corrected chi connectivity index (χ4v) is 3.93. The molecule has 1 fully saturated rings. The highest BCUT2D eigenvalue weighted by Crippen LogP contribution is 2.54. The number of aliphatic hydroxyl groups is 1. The quantitative estimate of drug-likeness (QED) is 0.656. The van der Waals surface area contributed by atoms with Crippen LogP contribution < -0.4 is 0 Å². The third-order valence-corrected chi connectivity index (χ3v) is 5.62. The number of hydrogen-bond acceptors (Lipinski definition) is 2. The first-order chi connectivity index (χ1) is 9.02. The second kappa shape index (κ2) is 6.36. The topological polar surface area (TPSA) is 29.5 Å². The predicted molar refractivity (Wildman–Crippen MR) is 85.6 cm³/mol. The minimum absolute atomic E-state index is 0.124. The van der Waals surface area contributed by atoms with E-state index in [0.29, 0.717) is 5.92 Å². The first kappa shape index (κ1) is 18.0. The number of rotatable bonds is 7. The van der Waals surface area contributed by atoms with Crippen LogP contribution in [0.25, 0.3) is 0 Å². The molecule has 1 aliphatic rings. The van der Waals surface area contributed by atoms with Gasteiger partial charge in [-0.15, -0.1) is 0 Å². The Morgan fingerprint density at radius 2 is 1.85 bits per heavy atom. The van der Waals surface area contributed by atoms with Crippen molar-refractivity contribution < 1.29 is 9.84 Å². The molecule has 0 radical (unpaired) electrons. The van der Waals surface area contributed by atoms with E-state index in [-0.39, 0.29) is 11.0 Å². The van der Waals surface area contributed by atoms with Gasteiger partial charge in [-0.25, -0.2) is 0 Å². The summed E-state index contributed by atoms with van der Waals surface area (Å²) < 4.78 is 6.04. The van der Waals surface area contributed by atoms with Crippen molar-refractivity contribution in [3.63, 3.8) is 0 Å². The molecule has 120 valence electrons. The third-order valence-electron chi connectivity index (χ3n) is 5.62. The molecule has 0 spiro atoms. The Morgan fingerprint density at radius 1 is 1.25 bits per heavy atom. The van der Waals surface area contributed by atoms with Crippen LogP contribution in [0.2, 0.25) is 0 Å². The zero-order valence-corrected chi connectivity index (χ0v) is 14.8.